The van der Waals surface area contributed by atoms with E-state index in [0.717, 1.165) is 9.63 Å². The Morgan fingerprint density at radius 1 is 0.833 bits per heavy atom. The van der Waals surface area contributed by atoms with Gasteiger partial charge in [0.25, 0.3) is 0 Å². The molecule has 0 fully saturated rings. The van der Waals surface area contributed by atoms with Crippen LogP contribution in [-0.4, -0.2) is 0 Å². The third-order valence-corrected chi connectivity index (χ3v) is 3.02. The van der Waals surface area contributed by atoms with Gasteiger partial charge in [-0.2, -0.15) is 3.94 Å². The van der Waals surface area contributed by atoms with E-state index >= 15 is 0 Å². The molecule has 0 saturated heterocycles. The number of para-hydroxylation sites is 1. The van der Waals surface area contributed by atoms with Gasteiger partial charge in [-0.15, -0.1) is 0 Å². The Balaban J connectivity index is 0.000000180. The molecule has 0 heterocycles. The van der Waals surface area contributed by atoms with E-state index in [-0.39, 0.29) is 0 Å². The van der Waals surface area contributed by atoms with Crippen LogP contribution in [0.2, 0.25) is 10.0 Å². The van der Waals surface area contributed by atoms with Crippen molar-refractivity contribution in [2.24, 2.45) is 0 Å². The van der Waals surface area contributed by atoms with Crippen LogP contribution in [0.25, 0.3) is 0 Å². The highest BCUT2D eigenvalue weighted by atomic mass is 35.5. The zero-order valence-corrected chi connectivity index (χ0v) is 12.2. The Morgan fingerprint density at radius 3 is 1.83 bits per heavy atom. The van der Waals surface area contributed by atoms with Crippen molar-refractivity contribution in [1.82, 2.24) is 0 Å². The van der Waals surface area contributed by atoms with Gasteiger partial charge in [0.05, 0.1) is 15.7 Å². The SMILES string of the molecule is ClN(Cl)c1ccccc1.Nc1ccc(Cl)c(Cl)c1. The smallest absolute Gasteiger partial charge is 0.0709 e. The molecule has 0 unspecified atom stereocenters. The van der Waals surface area contributed by atoms with E-state index in [1.807, 2.05) is 30.3 Å². The van der Waals surface area contributed by atoms with Gasteiger partial charge in [-0.25, -0.2) is 0 Å². The lowest BCUT2D eigenvalue weighted by molar-refractivity contribution is 1.58. The van der Waals surface area contributed by atoms with Crippen LogP contribution in [0.4, 0.5) is 11.4 Å². The van der Waals surface area contributed by atoms with E-state index in [0.29, 0.717) is 15.7 Å². The van der Waals surface area contributed by atoms with Gasteiger partial charge in [0.15, 0.2) is 0 Å². The molecule has 18 heavy (non-hydrogen) atoms. The number of nitrogen functional groups attached to an aromatic ring is 1. The van der Waals surface area contributed by atoms with Crippen molar-refractivity contribution < 1.29 is 0 Å². The Labute approximate surface area is 126 Å². The van der Waals surface area contributed by atoms with E-state index in [2.05, 4.69) is 0 Å². The van der Waals surface area contributed by atoms with Gasteiger partial charge in [-0.05, 0) is 30.3 Å². The van der Waals surface area contributed by atoms with Crippen molar-refractivity contribution in [2.75, 3.05) is 9.67 Å². The van der Waals surface area contributed by atoms with Gasteiger partial charge < -0.3 is 5.73 Å². The predicted octanol–water partition coefficient (Wildman–Crippen LogP) is 5.38. The number of anilines is 2. The molecule has 2 rings (SSSR count). The summed E-state index contributed by atoms with van der Waals surface area (Å²) in [5, 5.41) is 1.03. The quantitative estimate of drug-likeness (QED) is 0.564. The monoisotopic (exact) mass is 322 g/mol. The number of hydrogen-bond acceptors (Lipinski definition) is 2. The molecule has 0 amide bonds. The molecule has 2 aromatic carbocycles. The minimum Gasteiger partial charge on any atom is -0.399 e. The van der Waals surface area contributed by atoms with Gasteiger partial charge >= 0.3 is 0 Å². The van der Waals surface area contributed by atoms with Crippen molar-refractivity contribution in [3.63, 3.8) is 0 Å². The summed E-state index contributed by atoms with van der Waals surface area (Å²) in [6.45, 7) is 0. The molecule has 96 valence electrons. The molecule has 0 aliphatic heterocycles. The molecular weight excluding hydrogens is 314 g/mol. The maximum atomic E-state index is 5.60. The summed E-state index contributed by atoms with van der Waals surface area (Å²) < 4.78 is 1.03. The molecule has 0 spiro atoms. The number of rotatable bonds is 1. The average Bonchev–Trinajstić information content (AvgIpc) is 2.36. The highest BCUT2D eigenvalue weighted by Gasteiger charge is 1.94. The number of nitrogens with zero attached hydrogens (tertiary/aromatic N) is 1. The molecule has 0 bridgehead atoms. The molecular formula is C12H10Cl4N2. The number of halogens is 4. The van der Waals surface area contributed by atoms with Crippen LogP contribution in [0.15, 0.2) is 48.5 Å². The van der Waals surface area contributed by atoms with E-state index < -0.39 is 0 Å². The summed E-state index contributed by atoms with van der Waals surface area (Å²) in [5.74, 6) is 0. The first-order chi connectivity index (χ1) is 8.50. The second kappa shape index (κ2) is 7.59. The highest BCUT2D eigenvalue weighted by molar-refractivity contribution is 6.49. The van der Waals surface area contributed by atoms with E-state index in [4.69, 9.17) is 52.5 Å². The molecule has 0 aromatic heterocycles. The summed E-state index contributed by atoms with van der Waals surface area (Å²) in [4.78, 5) is 0. The second-order valence-corrected chi connectivity index (χ2v) is 4.91. The maximum Gasteiger partial charge on any atom is 0.0709 e. The van der Waals surface area contributed by atoms with Crippen LogP contribution in [-0.2, 0) is 0 Å². The first-order valence-electron chi connectivity index (χ1n) is 4.88. The van der Waals surface area contributed by atoms with Crippen molar-refractivity contribution >= 4 is 58.1 Å². The van der Waals surface area contributed by atoms with Crippen molar-refractivity contribution in [2.45, 2.75) is 0 Å². The lowest BCUT2D eigenvalue weighted by Crippen LogP contribution is -1.89. The first kappa shape index (κ1) is 15.3. The summed E-state index contributed by atoms with van der Waals surface area (Å²) >= 11 is 22.0. The average molecular weight is 324 g/mol. The summed E-state index contributed by atoms with van der Waals surface area (Å²) in [6.07, 6.45) is 0. The minimum atomic E-state index is 0.497. The van der Waals surface area contributed by atoms with Gasteiger partial charge in [0.2, 0.25) is 0 Å². The fraction of sp³-hybridized carbons (Fsp3) is 0. The van der Waals surface area contributed by atoms with Crippen LogP contribution >= 0.6 is 46.8 Å². The molecule has 2 nitrogen and oxygen atoms in total. The summed E-state index contributed by atoms with van der Waals surface area (Å²) in [5.41, 5.74) is 6.79. The second-order valence-electron chi connectivity index (χ2n) is 3.24. The zero-order valence-electron chi connectivity index (χ0n) is 9.16. The number of benzene rings is 2. The Morgan fingerprint density at radius 2 is 1.44 bits per heavy atom. The fourth-order valence-electron chi connectivity index (χ4n) is 1.05. The highest BCUT2D eigenvalue weighted by Crippen LogP contribution is 2.23. The largest absolute Gasteiger partial charge is 0.399 e. The summed E-state index contributed by atoms with van der Waals surface area (Å²) in [6, 6.07) is 14.3. The third-order valence-electron chi connectivity index (χ3n) is 1.90. The van der Waals surface area contributed by atoms with Crippen molar-refractivity contribution in [3.8, 4) is 0 Å². The van der Waals surface area contributed by atoms with E-state index in [1.54, 1.807) is 18.2 Å². The Bertz CT molecular complexity index is 489. The lowest BCUT2D eigenvalue weighted by Gasteiger charge is -2.02. The van der Waals surface area contributed by atoms with Gasteiger partial charge in [-0.1, -0.05) is 41.4 Å². The summed E-state index contributed by atoms with van der Waals surface area (Å²) in [7, 11) is 0. The first-order valence-corrected chi connectivity index (χ1v) is 6.31. The van der Waals surface area contributed by atoms with E-state index in [1.165, 1.54) is 0 Å². The van der Waals surface area contributed by atoms with Crippen molar-refractivity contribution in [3.05, 3.63) is 58.6 Å². The van der Waals surface area contributed by atoms with Crippen LogP contribution in [0.3, 0.4) is 0 Å². The van der Waals surface area contributed by atoms with Crippen LogP contribution in [0, 0.1) is 0 Å². The van der Waals surface area contributed by atoms with Gasteiger partial charge in [-0.3, -0.25) is 0 Å². The number of nitrogens with two attached hydrogens (primary N) is 1. The molecule has 0 atom stereocenters. The van der Waals surface area contributed by atoms with Crippen LogP contribution in [0.5, 0.6) is 0 Å². The minimum absolute atomic E-state index is 0.497. The topological polar surface area (TPSA) is 29.3 Å². The maximum absolute atomic E-state index is 5.60. The third kappa shape index (κ3) is 5.23. The Kier molecular flexibility index (Phi) is 6.44. The molecule has 0 aliphatic rings. The molecule has 6 heteroatoms. The van der Waals surface area contributed by atoms with Gasteiger partial charge in [0.1, 0.15) is 0 Å². The van der Waals surface area contributed by atoms with Gasteiger partial charge in [0, 0.05) is 29.2 Å². The molecule has 2 aromatic rings. The standard InChI is InChI=1S/2C6H5Cl2N/c7-5-2-1-4(9)3-6(5)8;7-9(8)6-4-2-1-3-5-6/h1-3H,9H2;1-5H. The fourth-order valence-corrected chi connectivity index (χ4v) is 1.58. The zero-order chi connectivity index (χ0) is 13.5. The normalized spacial score (nSPS) is 9.33. The number of hydrogen-bond donors (Lipinski definition) is 1. The lowest BCUT2D eigenvalue weighted by atomic mass is 10.3. The van der Waals surface area contributed by atoms with E-state index in [9.17, 15) is 0 Å². The Hall–Kier alpha value is -0.800. The van der Waals surface area contributed by atoms with Crippen molar-refractivity contribution in [1.29, 1.82) is 0 Å². The van der Waals surface area contributed by atoms with Crippen LogP contribution < -0.4 is 9.67 Å². The van der Waals surface area contributed by atoms with Crippen LogP contribution in [0.1, 0.15) is 0 Å². The molecule has 0 saturated carbocycles. The molecule has 0 aliphatic carbocycles. The predicted molar refractivity (Wildman–Crippen MR) is 81.5 cm³/mol. The molecule has 2 N–H and O–H groups in total. The molecule has 0 radical (unpaired) electrons.